The van der Waals surface area contributed by atoms with Crippen molar-refractivity contribution in [1.29, 1.82) is 0 Å². The van der Waals surface area contributed by atoms with Crippen molar-refractivity contribution in [3.63, 3.8) is 0 Å². The van der Waals surface area contributed by atoms with Crippen molar-refractivity contribution in [2.75, 3.05) is 10.8 Å². The highest BCUT2D eigenvalue weighted by molar-refractivity contribution is 9.10. The van der Waals surface area contributed by atoms with Gasteiger partial charge < -0.3 is 10.2 Å². The molecule has 3 aromatic rings. The summed E-state index contributed by atoms with van der Waals surface area (Å²) >= 11 is 3.46. The average molecular weight is 615 g/mol. The van der Waals surface area contributed by atoms with Gasteiger partial charge in [-0.1, -0.05) is 70.9 Å². The number of carbonyl (C=O) groups is 2. The summed E-state index contributed by atoms with van der Waals surface area (Å²) in [7, 11) is -4.09. The molecule has 0 aliphatic heterocycles. The molecule has 0 aromatic heterocycles. The number of amides is 2. The van der Waals surface area contributed by atoms with Crippen LogP contribution in [0.5, 0.6) is 0 Å². The predicted molar refractivity (Wildman–Crippen MR) is 159 cm³/mol. The van der Waals surface area contributed by atoms with Crippen LogP contribution < -0.4 is 9.62 Å². The quantitative estimate of drug-likeness (QED) is 0.305. The SMILES string of the molecule is CC[C@H](C)NC(=O)[C@H](C)N(Cc1cccc(Br)c1)C(=O)CN(c1ccccc1C)S(=O)(=O)c1ccc(C)cc1. The summed E-state index contributed by atoms with van der Waals surface area (Å²) in [5.41, 5.74) is 2.85. The molecule has 0 saturated heterocycles. The number of rotatable bonds is 11. The molecule has 0 spiro atoms. The van der Waals surface area contributed by atoms with E-state index in [-0.39, 0.29) is 23.4 Å². The molecule has 0 aliphatic carbocycles. The highest BCUT2D eigenvalue weighted by Crippen LogP contribution is 2.27. The van der Waals surface area contributed by atoms with Gasteiger partial charge in [-0.2, -0.15) is 0 Å². The maximum atomic E-state index is 14.0. The van der Waals surface area contributed by atoms with Crippen molar-refractivity contribution in [1.82, 2.24) is 10.2 Å². The number of carbonyl (C=O) groups excluding carboxylic acids is 2. The molecule has 208 valence electrons. The van der Waals surface area contributed by atoms with E-state index in [0.717, 1.165) is 26.3 Å². The zero-order chi connectivity index (χ0) is 28.7. The summed E-state index contributed by atoms with van der Waals surface area (Å²) in [4.78, 5) is 28.6. The molecule has 2 atom stereocenters. The number of para-hydroxylation sites is 1. The topological polar surface area (TPSA) is 86.8 Å². The Morgan fingerprint density at radius 1 is 0.949 bits per heavy atom. The fraction of sp³-hybridized carbons (Fsp3) is 0.333. The Labute approximate surface area is 240 Å². The molecule has 0 aliphatic rings. The number of hydrogen-bond acceptors (Lipinski definition) is 4. The third-order valence-electron chi connectivity index (χ3n) is 6.68. The van der Waals surface area contributed by atoms with Gasteiger partial charge in [0.25, 0.3) is 10.0 Å². The zero-order valence-electron chi connectivity index (χ0n) is 23.0. The highest BCUT2D eigenvalue weighted by Gasteiger charge is 2.33. The summed E-state index contributed by atoms with van der Waals surface area (Å²) in [5, 5.41) is 2.94. The van der Waals surface area contributed by atoms with E-state index in [1.54, 1.807) is 56.3 Å². The molecule has 1 N–H and O–H groups in total. The van der Waals surface area contributed by atoms with Gasteiger partial charge >= 0.3 is 0 Å². The summed E-state index contributed by atoms with van der Waals surface area (Å²) in [6, 6.07) is 20.2. The number of anilines is 1. The molecule has 0 heterocycles. The van der Waals surface area contributed by atoms with Gasteiger partial charge in [0, 0.05) is 17.1 Å². The standard InChI is InChI=1S/C30H36BrN3O4S/c1-6-23(4)32-30(36)24(5)33(19-25-11-9-12-26(31)18-25)29(35)20-34(28-13-8-7-10-22(28)3)39(37,38)27-16-14-21(2)15-17-27/h7-18,23-24H,6,19-20H2,1-5H3,(H,32,36)/t23-,24-/m0/s1. The molecule has 9 heteroatoms. The van der Waals surface area contributed by atoms with Crippen LogP contribution in [0.15, 0.2) is 82.2 Å². The molecule has 3 aromatic carbocycles. The van der Waals surface area contributed by atoms with Crippen LogP contribution in [0.2, 0.25) is 0 Å². The summed E-state index contributed by atoms with van der Waals surface area (Å²) < 4.78 is 29.8. The minimum Gasteiger partial charge on any atom is -0.352 e. The lowest BCUT2D eigenvalue weighted by atomic mass is 10.1. The van der Waals surface area contributed by atoms with Crippen LogP contribution in [0, 0.1) is 13.8 Å². The van der Waals surface area contributed by atoms with Crippen molar-refractivity contribution in [2.24, 2.45) is 0 Å². The molecule has 2 amide bonds. The van der Waals surface area contributed by atoms with E-state index in [9.17, 15) is 18.0 Å². The first kappa shape index (κ1) is 30.4. The second-order valence-corrected chi connectivity index (χ2v) is 12.5. The summed E-state index contributed by atoms with van der Waals surface area (Å²) in [6.07, 6.45) is 0.744. The van der Waals surface area contributed by atoms with Crippen LogP contribution >= 0.6 is 15.9 Å². The first-order valence-corrected chi connectivity index (χ1v) is 15.2. The summed E-state index contributed by atoms with van der Waals surface area (Å²) in [6.45, 7) is 8.90. The molecule has 3 rings (SSSR count). The fourth-order valence-electron chi connectivity index (χ4n) is 4.07. The first-order chi connectivity index (χ1) is 18.4. The van der Waals surface area contributed by atoms with Gasteiger partial charge in [0.05, 0.1) is 10.6 Å². The zero-order valence-corrected chi connectivity index (χ0v) is 25.4. The van der Waals surface area contributed by atoms with E-state index in [1.165, 1.54) is 4.90 Å². The third kappa shape index (κ3) is 7.70. The Balaban J connectivity index is 2.04. The predicted octanol–water partition coefficient (Wildman–Crippen LogP) is 5.59. The number of nitrogens with zero attached hydrogens (tertiary/aromatic N) is 2. The van der Waals surface area contributed by atoms with Gasteiger partial charge in [0.1, 0.15) is 12.6 Å². The number of aryl methyl sites for hydroxylation is 2. The Hall–Kier alpha value is -3.17. The van der Waals surface area contributed by atoms with Crippen LogP contribution in [0.4, 0.5) is 5.69 Å². The molecule has 39 heavy (non-hydrogen) atoms. The van der Waals surface area contributed by atoms with Crippen LogP contribution in [-0.4, -0.2) is 43.8 Å². The number of nitrogens with one attached hydrogen (secondary N) is 1. The molecular formula is C30H36BrN3O4S. The second kappa shape index (κ2) is 13.3. The van der Waals surface area contributed by atoms with Crippen molar-refractivity contribution in [3.05, 3.63) is 94.0 Å². The van der Waals surface area contributed by atoms with Crippen molar-refractivity contribution >= 4 is 43.5 Å². The normalized spacial score (nSPS) is 12.9. The van der Waals surface area contributed by atoms with Crippen LogP contribution in [-0.2, 0) is 26.2 Å². The van der Waals surface area contributed by atoms with Crippen LogP contribution in [0.25, 0.3) is 0 Å². The Morgan fingerprint density at radius 3 is 2.23 bits per heavy atom. The van der Waals surface area contributed by atoms with Gasteiger partial charge in [0.2, 0.25) is 11.8 Å². The van der Waals surface area contributed by atoms with Gasteiger partial charge in [-0.25, -0.2) is 8.42 Å². The van der Waals surface area contributed by atoms with Gasteiger partial charge in [-0.05, 0) is 75.6 Å². The van der Waals surface area contributed by atoms with Crippen molar-refractivity contribution in [2.45, 2.75) is 64.6 Å². The molecular weight excluding hydrogens is 578 g/mol. The lowest BCUT2D eigenvalue weighted by molar-refractivity contribution is -0.139. The lowest BCUT2D eigenvalue weighted by Crippen LogP contribution is -2.52. The van der Waals surface area contributed by atoms with Crippen LogP contribution in [0.1, 0.15) is 43.9 Å². The largest absolute Gasteiger partial charge is 0.352 e. The van der Waals surface area contributed by atoms with Crippen LogP contribution in [0.3, 0.4) is 0 Å². The third-order valence-corrected chi connectivity index (χ3v) is 8.95. The first-order valence-electron chi connectivity index (χ1n) is 12.9. The van der Waals surface area contributed by atoms with E-state index in [1.807, 2.05) is 51.1 Å². The summed E-state index contributed by atoms with van der Waals surface area (Å²) in [5.74, 6) is -0.780. The number of halogens is 1. The van der Waals surface area contributed by atoms with Crippen molar-refractivity contribution in [3.8, 4) is 0 Å². The molecule has 0 fully saturated rings. The minimum atomic E-state index is -4.09. The van der Waals surface area contributed by atoms with E-state index < -0.39 is 28.5 Å². The molecule has 7 nitrogen and oxygen atoms in total. The Kier molecular flexibility index (Phi) is 10.3. The molecule has 0 saturated carbocycles. The lowest BCUT2D eigenvalue weighted by Gasteiger charge is -2.33. The maximum Gasteiger partial charge on any atom is 0.264 e. The Bertz CT molecular complexity index is 1410. The van der Waals surface area contributed by atoms with Gasteiger partial charge in [-0.15, -0.1) is 0 Å². The molecule has 0 radical (unpaired) electrons. The highest BCUT2D eigenvalue weighted by atomic mass is 79.9. The molecule has 0 bridgehead atoms. The van der Waals surface area contributed by atoms with E-state index in [2.05, 4.69) is 21.2 Å². The van der Waals surface area contributed by atoms with Gasteiger partial charge in [-0.3, -0.25) is 13.9 Å². The average Bonchev–Trinajstić information content (AvgIpc) is 2.90. The van der Waals surface area contributed by atoms with E-state index in [4.69, 9.17) is 0 Å². The number of hydrogen-bond donors (Lipinski definition) is 1. The second-order valence-electron chi connectivity index (χ2n) is 9.76. The van der Waals surface area contributed by atoms with E-state index in [0.29, 0.717) is 11.3 Å². The Morgan fingerprint density at radius 2 is 1.62 bits per heavy atom. The van der Waals surface area contributed by atoms with E-state index >= 15 is 0 Å². The fourth-order valence-corrected chi connectivity index (χ4v) is 6.00. The molecule has 0 unspecified atom stereocenters. The number of benzene rings is 3. The maximum absolute atomic E-state index is 14.0. The van der Waals surface area contributed by atoms with Gasteiger partial charge in [0.15, 0.2) is 0 Å². The van der Waals surface area contributed by atoms with Crippen molar-refractivity contribution < 1.29 is 18.0 Å². The smallest absolute Gasteiger partial charge is 0.264 e. The monoisotopic (exact) mass is 613 g/mol. The number of sulfonamides is 1. The minimum absolute atomic E-state index is 0.0619.